The molecule has 0 N–H and O–H groups in total. The van der Waals surface area contributed by atoms with Gasteiger partial charge in [0.05, 0.1) is 0 Å². The number of carbonyl (C=O) groups excluding carboxylic acids is 1. The first-order chi connectivity index (χ1) is 6.63. The Labute approximate surface area is 89.4 Å². The predicted octanol–water partition coefficient (Wildman–Crippen LogP) is 3.59. The van der Waals surface area contributed by atoms with Gasteiger partial charge < -0.3 is 0 Å². The Kier molecular flexibility index (Phi) is 3.90. The number of hydrogen-bond donors (Lipinski definition) is 0. The van der Waals surface area contributed by atoms with Crippen molar-refractivity contribution in [1.82, 2.24) is 0 Å². The molecule has 0 radical (unpaired) electrons. The second-order valence-corrected chi connectivity index (χ2v) is 3.74. The number of carbonyl (C=O) groups is 1. The third kappa shape index (κ3) is 3.00. The Hall–Kier alpha value is -1.08. The molecular weight excluding hydrogens is 196 g/mol. The average Bonchev–Trinajstić information content (AvgIpc) is 2.15. The lowest BCUT2D eigenvalue weighted by Gasteiger charge is -2.10. The van der Waals surface area contributed by atoms with E-state index in [1.54, 1.807) is 13.0 Å². The quantitative estimate of drug-likeness (QED) is 0.692. The first-order valence-corrected chi connectivity index (χ1v) is 4.88. The lowest BCUT2D eigenvalue weighted by molar-refractivity contribution is -0.117. The number of hydrogen-bond acceptors (Lipinski definition) is 1. The van der Waals surface area contributed by atoms with Crippen molar-refractivity contribution in [3.05, 3.63) is 47.5 Å². The molecule has 0 spiro atoms. The zero-order valence-electron chi connectivity index (χ0n) is 8.16. The van der Waals surface area contributed by atoms with Crippen molar-refractivity contribution in [2.24, 2.45) is 0 Å². The van der Waals surface area contributed by atoms with Crippen molar-refractivity contribution in [3.8, 4) is 0 Å². The molecule has 0 aliphatic rings. The van der Waals surface area contributed by atoms with Gasteiger partial charge in [-0.05, 0) is 24.6 Å². The van der Waals surface area contributed by atoms with Gasteiger partial charge in [0.1, 0.15) is 5.78 Å². The highest BCUT2D eigenvalue weighted by Gasteiger charge is 2.09. The average molecular weight is 209 g/mol. The number of allylic oxidation sites excluding steroid dienone is 1. The van der Waals surface area contributed by atoms with E-state index in [0.717, 1.165) is 5.56 Å². The Morgan fingerprint density at radius 3 is 2.50 bits per heavy atom. The fourth-order valence-corrected chi connectivity index (χ4v) is 1.48. The summed E-state index contributed by atoms with van der Waals surface area (Å²) in [7, 11) is 0. The molecule has 1 rings (SSSR count). The number of rotatable bonds is 4. The van der Waals surface area contributed by atoms with Crippen LogP contribution in [-0.2, 0) is 4.79 Å². The fraction of sp³-hybridized carbons (Fsp3) is 0.250. The van der Waals surface area contributed by atoms with Crippen molar-refractivity contribution < 1.29 is 4.79 Å². The molecule has 1 aromatic carbocycles. The summed E-state index contributed by atoms with van der Waals surface area (Å²) in [6.45, 7) is 5.32. The van der Waals surface area contributed by atoms with Crippen molar-refractivity contribution in [1.29, 1.82) is 0 Å². The molecule has 1 nitrogen and oxygen atoms in total. The second-order valence-electron chi connectivity index (χ2n) is 3.30. The molecule has 0 bridgehead atoms. The van der Waals surface area contributed by atoms with E-state index in [2.05, 4.69) is 6.58 Å². The minimum absolute atomic E-state index is 0.102. The standard InChI is InChI=1S/C12H13ClO/c1-3-10(8-9(2)14)11-4-6-12(13)7-5-11/h3-7,10H,1,8H2,2H3/t10-/m1/s1. The topological polar surface area (TPSA) is 17.1 Å². The summed E-state index contributed by atoms with van der Waals surface area (Å²) >= 11 is 5.77. The zero-order valence-corrected chi connectivity index (χ0v) is 8.92. The molecule has 0 fully saturated rings. The van der Waals surface area contributed by atoms with E-state index < -0.39 is 0 Å². The summed E-state index contributed by atoms with van der Waals surface area (Å²) in [6, 6.07) is 7.51. The highest BCUT2D eigenvalue weighted by Crippen LogP contribution is 2.22. The largest absolute Gasteiger partial charge is 0.300 e. The van der Waals surface area contributed by atoms with E-state index in [0.29, 0.717) is 11.4 Å². The summed E-state index contributed by atoms with van der Waals surface area (Å²) < 4.78 is 0. The van der Waals surface area contributed by atoms with Gasteiger partial charge in [-0.3, -0.25) is 4.79 Å². The van der Waals surface area contributed by atoms with Crippen molar-refractivity contribution in [3.63, 3.8) is 0 Å². The maximum Gasteiger partial charge on any atom is 0.130 e. The SMILES string of the molecule is C=C[C@H](CC(C)=O)c1ccc(Cl)cc1. The van der Waals surface area contributed by atoms with Crippen molar-refractivity contribution >= 4 is 17.4 Å². The molecule has 2 heteroatoms. The molecule has 0 saturated heterocycles. The lowest BCUT2D eigenvalue weighted by Crippen LogP contribution is -2.01. The summed E-state index contributed by atoms with van der Waals surface area (Å²) in [4.78, 5) is 11.0. The van der Waals surface area contributed by atoms with Gasteiger partial charge in [-0.2, -0.15) is 0 Å². The normalized spacial score (nSPS) is 12.1. The van der Waals surface area contributed by atoms with Crippen LogP contribution >= 0.6 is 11.6 Å². The molecule has 0 unspecified atom stereocenters. The van der Waals surface area contributed by atoms with Crippen LogP contribution in [0.1, 0.15) is 24.8 Å². The van der Waals surface area contributed by atoms with E-state index in [1.807, 2.05) is 24.3 Å². The van der Waals surface area contributed by atoms with Crippen LogP contribution in [0.2, 0.25) is 5.02 Å². The molecule has 0 amide bonds. The molecule has 0 saturated carbocycles. The Balaban J connectivity index is 2.84. The van der Waals surface area contributed by atoms with Crippen LogP contribution < -0.4 is 0 Å². The van der Waals surface area contributed by atoms with E-state index in [-0.39, 0.29) is 11.7 Å². The number of ketones is 1. The third-order valence-electron chi connectivity index (χ3n) is 2.09. The molecule has 0 aliphatic carbocycles. The van der Waals surface area contributed by atoms with Gasteiger partial charge in [-0.15, -0.1) is 6.58 Å². The van der Waals surface area contributed by atoms with Crippen molar-refractivity contribution in [2.75, 3.05) is 0 Å². The highest BCUT2D eigenvalue weighted by molar-refractivity contribution is 6.30. The fourth-order valence-electron chi connectivity index (χ4n) is 1.36. The molecular formula is C12H13ClO. The summed E-state index contributed by atoms with van der Waals surface area (Å²) in [5, 5.41) is 0.708. The van der Waals surface area contributed by atoms with Crippen LogP contribution in [0.15, 0.2) is 36.9 Å². The zero-order chi connectivity index (χ0) is 10.6. The van der Waals surface area contributed by atoms with E-state index >= 15 is 0 Å². The monoisotopic (exact) mass is 208 g/mol. The van der Waals surface area contributed by atoms with Gasteiger partial charge in [0, 0.05) is 17.4 Å². The maximum absolute atomic E-state index is 11.0. The number of halogens is 1. The van der Waals surface area contributed by atoms with Gasteiger partial charge >= 0.3 is 0 Å². The second kappa shape index (κ2) is 4.97. The number of Topliss-reactive ketones (excluding diaryl/α,β-unsaturated/α-hetero) is 1. The summed E-state index contributed by atoms with van der Waals surface area (Å²) in [6.07, 6.45) is 2.30. The molecule has 1 aromatic rings. The molecule has 0 aliphatic heterocycles. The predicted molar refractivity (Wildman–Crippen MR) is 59.7 cm³/mol. The van der Waals surface area contributed by atoms with Crippen LogP contribution in [0, 0.1) is 0 Å². The van der Waals surface area contributed by atoms with Crippen LogP contribution in [-0.4, -0.2) is 5.78 Å². The first kappa shape index (κ1) is 11.0. The molecule has 74 valence electrons. The smallest absolute Gasteiger partial charge is 0.130 e. The van der Waals surface area contributed by atoms with Gasteiger partial charge in [-0.1, -0.05) is 29.8 Å². The van der Waals surface area contributed by atoms with Crippen LogP contribution in [0.5, 0.6) is 0 Å². The van der Waals surface area contributed by atoms with Gasteiger partial charge in [0.15, 0.2) is 0 Å². The van der Waals surface area contributed by atoms with Crippen LogP contribution in [0.25, 0.3) is 0 Å². The Bertz CT molecular complexity index is 327. The molecule has 1 atom stereocenters. The van der Waals surface area contributed by atoms with E-state index in [4.69, 9.17) is 11.6 Å². The van der Waals surface area contributed by atoms with E-state index in [1.165, 1.54) is 0 Å². The maximum atomic E-state index is 11.0. The Morgan fingerprint density at radius 2 is 2.07 bits per heavy atom. The molecule has 14 heavy (non-hydrogen) atoms. The highest BCUT2D eigenvalue weighted by atomic mass is 35.5. The number of benzene rings is 1. The summed E-state index contributed by atoms with van der Waals surface area (Å²) in [5.41, 5.74) is 1.08. The van der Waals surface area contributed by atoms with Crippen LogP contribution in [0.4, 0.5) is 0 Å². The minimum Gasteiger partial charge on any atom is -0.300 e. The van der Waals surface area contributed by atoms with Gasteiger partial charge in [0.25, 0.3) is 0 Å². The first-order valence-electron chi connectivity index (χ1n) is 4.51. The lowest BCUT2D eigenvalue weighted by atomic mass is 9.94. The van der Waals surface area contributed by atoms with E-state index in [9.17, 15) is 4.79 Å². The minimum atomic E-state index is 0.102. The van der Waals surface area contributed by atoms with Gasteiger partial charge in [-0.25, -0.2) is 0 Å². The molecule has 0 aromatic heterocycles. The Morgan fingerprint density at radius 1 is 1.50 bits per heavy atom. The van der Waals surface area contributed by atoms with Gasteiger partial charge in [0.2, 0.25) is 0 Å². The molecule has 0 heterocycles. The third-order valence-corrected chi connectivity index (χ3v) is 2.34. The van der Waals surface area contributed by atoms with Crippen LogP contribution in [0.3, 0.4) is 0 Å². The van der Waals surface area contributed by atoms with Crippen molar-refractivity contribution in [2.45, 2.75) is 19.3 Å². The summed E-state index contributed by atoms with van der Waals surface area (Å²) in [5.74, 6) is 0.273.